The highest BCUT2D eigenvalue weighted by Crippen LogP contribution is 2.33. The van der Waals surface area contributed by atoms with Crippen LogP contribution in [0, 0.1) is 0 Å². The van der Waals surface area contributed by atoms with Gasteiger partial charge in [0.25, 0.3) is 0 Å². The largest absolute Gasteiger partial charge is 0.445 e. The fourth-order valence-corrected chi connectivity index (χ4v) is 3.78. The lowest BCUT2D eigenvalue weighted by molar-refractivity contribution is -0.946. The van der Waals surface area contributed by atoms with Gasteiger partial charge in [-0.05, 0) is 35.4 Å². The number of quaternary nitrogens is 1. The van der Waals surface area contributed by atoms with E-state index in [1.165, 1.54) is 4.90 Å². The van der Waals surface area contributed by atoms with Crippen LogP contribution >= 0.6 is 0 Å². The first kappa shape index (κ1) is 16.7. The monoisotopic (exact) mass is 371 g/mol. The van der Waals surface area contributed by atoms with Gasteiger partial charge in [-0.1, -0.05) is 36.4 Å². The lowest BCUT2D eigenvalue weighted by atomic mass is 9.99. The van der Waals surface area contributed by atoms with Crippen molar-refractivity contribution < 1.29 is 14.1 Å². The molecule has 0 spiro atoms. The van der Waals surface area contributed by atoms with E-state index >= 15 is 0 Å². The first-order valence-corrected chi connectivity index (χ1v) is 9.29. The van der Waals surface area contributed by atoms with Crippen LogP contribution in [0.4, 0.5) is 0 Å². The molecule has 1 aliphatic rings. The van der Waals surface area contributed by atoms with E-state index in [9.17, 15) is 4.79 Å². The molecule has 0 saturated carbocycles. The van der Waals surface area contributed by atoms with Gasteiger partial charge < -0.3 is 9.15 Å². The number of benzene rings is 2. The average Bonchev–Trinajstić information content (AvgIpc) is 2.74. The van der Waals surface area contributed by atoms with Gasteiger partial charge in [-0.3, -0.25) is 9.88 Å². The van der Waals surface area contributed by atoms with Crippen LogP contribution in [0.2, 0.25) is 0 Å². The summed E-state index contributed by atoms with van der Waals surface area (Å²) in [5, 5.41) is 0.923. The third-order valence-electron chi connectivity index (χ3n) is 5.07. The molecule has 0 aliphatic carbocycles. The molecule has 5 nitrogen and oxygen atoms in total. The van der Waals surface area contributed by atoms with E-state index < -0.39 is 0 Å². The van der Waals surface area contributed by atoms with Crippen molar-refractivity contribution in [3.05, 3.63) is 94.6 Å². The molecular formula is C23H19N2O3+. The number of pyridine rings is 1. The van der Waals surface area contributed by atoms with Gasteiger partial charge >= 0.3 is 5.63 Å². The highest BCUT2D eigenvalue weighted by molar-refractivity contribution is 5.95. The SMILES string of the molecule is O=c1cc(-c2ccccc2)c2ccc3c(c2o1)C[NH+](Cc1ccccn1)CO3. The topological polar surface area (TPSA) is 56.8 Å². The smallest absolute Gasteiger partial charge is 0.336 e. The quantitative estimate of drug-likeness (QED) is 0.563. The summed E-state index contributed by atoms with van der Waals surface area (Å²) in [4.78, 5) is 17.9. The van der Waals surface area contributed by atoms with E-state index in [2.05, 4.69) is 4.98 Å². The molecule has 1 N–H and O–H groups in total. The van der Waals surface area contributed by atoms with E-state index in [0.29, 0.717) is 18.9 Å². The van der Waals surface area contributed by atoms with Crippen molar-refractivity contribution >= 4 is 11.0 Å². The second kappa shape index (κ2) is 6.94. The molecule has 2 aromatic heterocycles. The number of rotatable bonds is 3. The zero-order valence-corrected chi connectivity index (χ0v) is 15.2. The number of ether oxygens (including phenoxy) is 1. The van der Waals surface area contributed by atoms with Crippen LogP contribution in [-0.2, 0) is 13.1 Å². The molecule has 138 valence electrons. The summed E-state index contributed by atoms with van der Waals surface area (Å²) in [5.74, 6) is 0.783. The summed E-state index contributed by atoms with van der Waals surface area (Å²) in [6.07, 6.45) is 1.80. The summed E-state index contributed by atoms with van der Waals surface area (Å²) in [7, 11) is 0. The molecule has 28 heavy (non-hydrogen) atoms. The molecule has 1 aliphatic heterocycles. The van der Waals surface area contributed by atoms with Crippen LogP contribution in [-0.4, -0.2) is 11.7 Å². The van der Waals surface area contributed by atoms with E-state index in [4.69, 9.17) is 9.15 Å². The Labute approximate surface area is 161 Å². The van der Waals surface area contributed by atoms with Crippen LogP contribution in [0.25, 0.3) is 22.1 Å². The van der Waals surface area contributed by atoms with Crippen molar-refractivity contribution in [1.82, 2.24) is 4.98 Å². The number of nitrogens with one attached hydrogen (secondary N) is 1. The van der Waals surface area contributed by atoms with E-state index in [1.807, 2.05) is 60.7 Å². The molecule has 1 unspecified atom stereocenters. The predicted octanol–water partition coefficient (Wildman–Crippen LogP) is 2.79. The Balaban J connectivity index is 1.59. The van der Waals surface area contributed by atoms with Gasteiger partial charge in [-0.25, -0.2) is 4.79 Å². The van der Waals surface area contributed by atoms with E-state index in [-0.39, 0.29) is 5.63 Å². The molecule has 0 bridgehead atoms. The van der Waals surface area contributed by atoms with Crippen LogP contribution < -0.4 is 15.3 Å². The second-order valence-corrected chi connectivity index (χ2v) is 6.98. The third-order valence-corrected chi connectivity index (χ3v) is 5.07. The summed E-state index contributed by atoms with van der Waals surface area (Å²) in [6, 6.07) is 21.3. The zero-order valence-electron chi connectivity index (χ0n) is 15.2. The molecule has 2 aromatic carbocycles. The Hall–Kier alpha value is -3.44. The zero-order chi connectivity index (χ0) is 18.9. The maximum absolute atomic E-state index is 12.3. The van der Waals surface area contributed by atoms with Gasteiger partial charge in [0.1, 0.15) is 18.8 Å². The minimum Gasteiger partial charge on any atom is -0.445 e. The third kappa shape index (κ3) is 3.06. The van der Waals surface area contributed by atoms with E-state index in [1.54, 1.807) is 12.3 Å². The van der Waals surface area contributed by atoms with Crippen LogP contribution in [0.5, 0.6) is 5.75 Å². The number of fused-ring (bicyclic) bond motifs is 3. The van der Waals surface area contributed by atoms with Gasteiger partial charge in [0, 0.05) is 17.6 Å². The van der Waals surface area contributed by atoms with Crippen molar-refractivity contribution in [3.8, 4) is 16.9 Å². The molecule has 0 radical (unpaired) electrons. The van der Waals surface area contributed by atoms with Gasteiger partial charge in [0.15, 0.2) is 5.58 Å². The lowest BCUT2D eigenvalue weighted by Crippen LogP contribution is -3.11. The maximum Gasteiger partial charge on any atom is 0.336 e. The lowest BCUT2D eigenvalue weighted by Gasteiger charge is -2.26. The first-order valence-electron chi connectivity index (χ1n) is 9.29. The minimum absolute atomic E-state index is 0.350. The average molecular weight is 371 g/mol. The van der Waals surface area contributed by atoms with Crippen molar-refractivity contribution in [2.24, 2.45) is 0 Å². The van der Waals surface area contributed by atoms with Crippen molar-refractivity contribution in [2.75, 3.05) is 6.73 Å². The Morgan fingerprint density at radius 3 is 2.68 bits per heavy atom. The molecule has 5 heteroatoms. The second-order valence-electron chi connectivity index (χ2n) is 6.98. The molecular weight excluding hydrogens is 352 g/mol. The van der Waals surface area contributed by atoms with Gasteiger partial charge in [0.05, 0.1) is 11.3 Å². The Kier molecular flexibility index (Phi) is 4.14. The molecule has 0 amide bonds. The highest BCUT2D eigenvalue weighted by Gasteiger charge is 2.25. The number of aromatic nitrogens is 1. The molecule has 0 fully saturated rings. The number of hydrogen-bond acceptors (Lipinski definition) is 4. The summed E-state index contributed by atoms with van der Waals surface area (Å²) in [5.41, 5.74) is 4.08. The summed E-state index contributed by atoms with van der Waals surface area (Å²) < 4.78 is 11.6. The summed E-state index contributed by atoms with van der Waals surface area (Å²) in [6.45, 7) is 2.02. The molecule has 4 aromatic rings. The molecule has 3 heterocycles. The van der Waals surface area contributed by atoms with Crippen molar-refractivity contribution in [3.63, 3.8) is 0 Å². The summed E-state index contributed by atoms with van der Waals surface area (Å²) >= 11 is 0. The van der Waals surface area contributed by atoms with Crippen LogP contribution in [0.3, 0.4) is 0 Å². The predicted molar refractivity (Wildman–Crippen MR) is 106 cm³/mol. The standard InChI is InChI=1S/C23H18N2O3/c26-22-12-19(16-6-2-1-3-7-16)18-9-10-21-20(23(18)28-22)14-25(15-27-21)13-17-8-4-5-11-24-17/h1-12H,13-15H2/p+1. The fraction of sp³-hybridized carbons (Fsp3) is 0.130. The van der Waals surface area contributed by atoms with Gasteiger partial charge in [0.2, 0.25) is 6.73 Å². The Bertz CT molecular complexity index is 1190. The van der Waals surface area contributed by atoms with Crippen LogP contribution in [0.15, 0.2) is 82.1 Å². The van der Waals surface area contributed by atoms with Crippen molar-refractivity contribution in [1.29, 1.82) is 0 Å². The molecule has 0 saturated heterocycles. The Morgan fingerprint density at radius 2 is 1.86 bits per heavy atom. The minimum atomic E-state index is -0.350. The Morgan fingerprint density at radius 1 is 1.00 bits per heavy atom. The van der Waals surface area contributed by atoms with Gasteiger partial charge in [-0.2, -0.15) is 0 Å². The van der Waals surface area contributed by atoms with Crippen molar-refractivity contribution in [2.45, 2.75) is 13.1 Å². The van der Waals surface area contributed by atoms with Crippen LogP contribution in [0.1, 0.15) is 11.3 Å². The molecule has 5 rings (SSSR count). The normalized spacial score (nSPS) is 15.8. The highest BCUT2D eigenvalue weighted by atomic mass is 16.5. The first-order chi connectivity index (χ1) is 13.8. The molecule has 1 atom stereocenters. The number of nitrogens with zero attached hydrogens (tertiary/aromatic N) is 1. The maximum atomic E-state index is 12.3. The fourth-order valence-electron chi connectivity index (χ4n) is 3.78. The van der Waals surface area contributed by atoms with E-state index in [0.717, 1.165) is 40.1 Å². The number of hydrogen-bond donors (Lipinski definition) is 1. The van der Waals surface area contributed by atoms with Gasteiger partial charge in [-0.15, -0.1) is 0 Å².